The van der Waals surface area contributed by atoms with Gasteiger partial charge in [-0.2, -0.15) is 8.78 Å². The molecule has 0 atom stereocenters. The number of aromatic nitrogens is 2. The standard InChI is InChI=1S/C17H22ClF2N5O/c1-3-21-17(24-11-15-22-8-9-25(15)16(19)20)23-7-6-12-4-5-13(26-2)10-14(12)18/h4-5,8-10,16H,3,6-7,11H2,1-2H3,(H2,21,23,24). The number of methoxy groups -OCH3 is 1. The Labute approximate surface area is 156 Å². The van der Waals surface area contributed by atoms with Crippen molar-refractivity contribution in [1.29, 1.82) is 0 Å². The number of nitrogens with one attached hydrogen (secondary N) is 2. The van der Waals surface area contributed by atoms with Crippen LogP contribution in [0, 0.1) is 0 Å². The summed E-state index contributed by atoms with van der Waals surface area (Å²) in [5.74, 6) is 1.44. The summed E-state index contributed by atoms with van der Waals surface area (Å²) in [5, 5.41) is 6.87. The fourth-order valence-electron chi connectivity index (χ4n) is 2.31. The second-order valence-electron chi connectivity index (χ2n) is 5.36. The minimum atomic E-state index is -2.63. The largest absolute Gasteiger partial charge is 0.497 e. The third kappa shape index (κ3) is 5.59. The van der Waals surface area contributed by atoms with Crippen molar-refractivity contribution < 1.29 is 13.5 Å². The zero-order chi connectivity index (χ0) is 18.9. The molecule has 0 aliphatic carbocycles. The zero-order valence-electron chi connectivity index (χ0n) is 14.7. The summed E-state index contributed by atoms with van der Waals surface area (Å²) < 4.78 is 31.6. The van der Waals surface area contributed by atoms with Gasteiger partial charge in [-0.25, -0.2) is 9.98 Å². The lowest BCUT2D eigenvalue weighted by atomic mass is 10.1. The highest BCUT2D eigenvalue weighted by molar-refractivity contribution is 6.31. The summed E-state index contributed by atoms with van der Waals surface area (Å²) in [4.78, 5) is 8.22. The van der Waals surface area contributed by atoms with Gasteiger partial charge in [0.25, 0.3) is 0 Å². The van der Waals surface area contributed by atoms with E-state index in [9.17, 15) is 8.78 Å². The molecular formula is C17H22ClF2N5O. The van der Waals surface area contributed by atoms with E-state index in [-0.39, 0.29) is 12.4 Å². The maximum Gasteiger partial charge on any atom is 0.319 e. The van der Waals surface area contributed by atoms with Crippen LogP contribution in [0.2, 0.25) is 5.02 Å². The molecule has 2 rings (SSSR count). The molecule has 1 heterocycles. The van der Waals surface area contributed by atoms with Crippen molar-refractivity contribution in [1.82, 2.24) is 20.2 Å². The van der Waals surface area contributed by atoms with Gasteiger partial charge < -0.3 is 15.4 Å². The van der Waals surface area contributed by atoms with Crippen LogP contribution in [0.25, 0.3) is 0 Å². The Bertz CT molecular complexity index is 736. The van der Waals surface area contributed by atoms with Gasteiger partial charge in [0.15, 0.2) is 5.96 Å². The molecule has 2 aromatic rings. The topological polar surface area (TPSA) is 63.5 Å². The third-order valence-corrected chi connectivity index (χ3v) is 3.98. The fourth-order valence-corrected chi connectivity index (χ4v) is 2.57. The number of aliphatic imine (C=N–C) groups is 1. The smallest absolute Gasteiger partial charge is 0.319 e. The van der Waals surface area contributed by atoms with Gasteiger partial charge >= 0.3 is 6.55 Å². The van der Waals surface area contributed by atoms with Gasteiger partial charge in [0.2, 0.25) is 0 Å². The highest BCUT2D eigenvalue weighted by Gasteiger charge is 2.11. The molecule has 9 heteroatoms. The Morgan fingerprint density at radius 3 is 2.85 bits per heavy atom. The Hall–Kier alpha value is -2.35. The number of guanidine groups is 1. The van der Waals surface area contributed by atoms with Gasteiger partial charge in [0, 0.05) is 30.5 Å². The summed E-state index contributed by atoms with van der Waals surface area (Å²) in [7, 11) is 1.59. The Morgan fingerprint density at radius 1 is 1.38 bits per heavy atom. The minimum Gasteiger partial charge on any atom is -0.497 e. The fraction of sp³-hybridized carbons (Fsp3) is 0.412. The Morgan fingerprint density at radius 2 is 2.19 bits per heavy atom. The molecule has 0 unspecified atom stereocenters. The first kappa shape index (κ1) is 20.0. The summed E-state index contributed by atoms with van der Waals surface area (Å²) in [5.41, 5.74) is 0.976. The van der Waals surface area contributed by atoms with E-state index in [4.69, 9.17) is 16.3 Å². The van der Waals surface area contributed by atoms with Crippen LogP contribution >= 0.6 is 11.6 Å². The number of benzene rings is 1. The highest BCUT2D eigenvalue weighted by atomic mass is 35.5. The summed E-state index contributed by atoms with van der Waals surface area (Å²) in [6, 6.07) is 5.53. The van der Waals surface area contributed by atoms with Crippen molar-refractivity contribution in [3.05, 3.63) is 47.0 Å². The minimum absolute atomic E-state index is 0.0516. The van der Waals surface area contributed by atoms with E-state index in [0.29, 0.717) is 36.2 Å². The number of nitrogens with zero attached hydrogens (tertiary/aromatic N) is 3. The first-order valence-electron chi connectivity index (χ1n) is 8.19. The molecule has 0 amide bonds. The molecule has 0 aliphatic rings. The van der Waals surface area contributed by atoms with Crippen LogP contribution in [0.5, 0.6) is 5.75 Å². The van der Waals surface area contributed by atoms with Gasteiger partial charge in [-0.15, -0.1) is 0 Å². The summed E-state index contributed by atoms with van der Waals surface area (Å²) >= 11 is 6.22. The van der Waals surface area contributed by atoms with Crippen LogP contribution in [0.1, 0.15) is 24.9 Å². The second kappa shape index (κ2) is 9.96. The number of alkyl halides is 2. The van der Waals surface area contributed by atoms with Crippen molar-refractivity contribution >= 4 is 17.6 Å². The van der Waals surface area contributed by atoms with E-state index < -0.39 is 6.55 Å². The maximum atomic E-state index is 12.8. The summed E-state index contributed by atoms with van der Waals surface area (Å²) in [6.45, 7) is 0.586. The molecule has 6 nitrogen and oxygen atoms in total. The number of rotatable bonds is 8. The molecule has 1 aromatic heterocycles. The molecule has 0 aliphatic heterocycles. The average Bonchev–Trinajstić information content (AvgIpc) is 3.09. The number of hydrogen-bond donors (Lipinski definition) is 2. The zero-order valence-corrected chi connectivity index (χ0v) is 15.4. The lowest BCUT2D eigenvalue weighted by Crippen LogP contribution is -2.38. The highest BCUT2D eigenvalue weighted by Crippen LogP contribution is 2.22. The molecule has 0 fully saturated rings. The van der Waals surface area contributed by atoms with E-state index in [1.165, 1.54) is 12.4 Å². The van der Waals surface area contributed by atoms with Gasteiger partial charge in [-0.05, 0) is 31.0 Å². The number of ether oxygens (including phenoxy) is 1. The number of hydrogen-bond acceptors (Lipinski definition) is 3. The average molecular weight is 386 g/mol. The molecular weight excluding hydrogens is 364 g/mol. The molecule has 0 saturated heterocycles. The van der Waals surface area contributed by atoms with Crippen LogP contribution in [-0.2, 0) is 13.0 Å². The van der Waals surface area contributed by atoms with Crippen LogP contribution < -0.4 is 15.4 Å². The summed E-state index contributed by atoms with van der Waals surface area (Å²) in [6.07, 6.45) is 3.25. The van der Waals surface area contributed by atoms with Gasteiger partial charge in [0.05, 0.1) is 7.11 Å². The number of halogens is 3. The Balaban J connectivity index is 1.94. The van der Waals surface area contributed by atoms with Crippen LogP contribution in [0.15, 0.2) is 35.6 Å². The van der Waals surface area contributed by atoms with E-state index in [0.717, 1.165) is 10.1 Å². The molecule has 142 valence electrons. The molecule has 1 aromatic carbocycles. The van der Waals surface area contributed by atoms with Gasteiger partial charge in [0.1, 0.15) is 18.1 Å². The van der Waals surface area contributed by atoms with E-state index in [1.807, 2.05) is 19.1 Å². The van der Waals surface area contributed by atoms with E-state index >= 15 is 0 Å². The molecule has 0 bridgehead atoms. The molecule has 0 spiro atoms. The quantitative estimate of drug-likeness (QED) is 0.541. The Kier molecular flexibility index (Phi) is 7.65. The molecule has 2 N–H and O–H groups in total. The second-order valence-corrected chi connectivity index (χ2v) is 5.76. The van der Waals surface area contributed by atoms with Crippen LogP contribution in [-0.4, -0.2) is 35.7 Å². The molecule has 0 saturated carbocycles. The number of imidazole rings is 1. The first-order chi connectivity index (χ1) is 12.5. The normalized spacial score (nSPS) is 11.7. The van der Waals surface area contributed by atoms with Gasteiger partial charge in [-0.3, -0.25) is 4.57 Å². The maximum absolute atomic E-state index is 12.8. The van der Waals surface area contributed by atoms with Crippen molar-refractivity contribution in [3.63, 3.8) is 0 Å². The third-order valence-electron chi connectivity index (χ3n) is 3.63. The van der Waals surface area contributed by atoms with Gasteiger partial charge in [-0.1, -0.05) is 17.7 Å². The first-order valence-corrected chi connectivity index (χ1v) is 8.57. The van der Waals surface area contributed by atoms with E-state index in [2.05, 4.69) is 20.6 Å². The van der Waals surface area contributed by atoms with E-state index in [1.54, 1.807) is 13.2 Å². The molecule has 0 radical (unpaired) electrons. The lowest BCUT2D eigenvalue weighted by Gasteiger charge is -2.12. The predicted octanol–water partition coefficient (Wildman–Crippen LogP) is 3.24. The lowest BCUT2D eigenvalue weighted by molar-refractivity contribution is 0.0671. The van der Waals surface area contributed by atoms with Crippen LogP contribution in [0.4, 0.5) is 8.78 Å². The van der Waals surface area contributed by atoms with Crippen LogP contribution in [0.3, 0.4) is 0 Å². The molecule has 26 heavy (non-hydrogen) atoms. The van der Waals surface area contributed by atoms with Crippen molar-refractivity contribution in [2.45, 2.75) is 26.4 Å². The SMILES string of the molecule is CCNC(=NCc1nccn1C(F)F)NCCc1ccc(OC)cc1Cl. The van der Waals surface area contributed by atoms with Crippen molar-refractivity contribution in [2.24, 2.45) is 4.99 Å². The predicted molar refractivity (Wildman–Crippen MR) is 98.0 cm³/mol. The monoisotopic (exact) mass is 385 g/mol. The van der Waals surface area contributed by atoms with Crippen molar-refractivity contribution in [3.8, 4) is 5.75 Å². The van der Waals surface area contributed by atoms with Crippen molar-refractivity contribution in [2.75, 3.05) is 20.2 Å².